The third-order valence-electron chi connectivity index (χ3n) is 4.67. The van der Waals surface area contributed by atoms with E-state index in [-0.39, 0.29) is 18.3 Å². The van der Waals surface area contributed by atoms with Crippen molar-refractivity contribution in [3.8, 4) is 11.5 Å². The zero-order valence-corrected chi connectivity index (χ0v) is 18.9. The molecular formula is C21H23F5NO5P. The fraction of sp³-hybridized carbons (Fsp3) is 0.381. The molecule has 2 aromatic rings. The van der Waals surface area contributed by atoms with Crippen LogP contribution in [-0.4, -0.2) is 18.6 Å². The Morgan fingerprint density at radius 3 is 1.94 bits per heavy atom. The van der Waals surface area contributed by atoms with Crippen molar-refractivity contribution in [2.24, 2.45) is 5.92 Å². The SMILES string of the molecule is CCC(CC)COC(=O)[C@@H](C)NP(=O)(Oc1ccccc1)Oc1c(F)c(F)c(F)c(F)c1F. The molecule has 0 aromatic heterocycles. The van der Waals surface area contributed by atoms with Gasteiger partial charge in [-0.15, -0.1) is 0 Å². The Hall–Kier alpha value is -2.65. The summed E-state index contributed by atoms with van der Waals surface area (Å²) in [5, 5.41) is 2.12. The van der Waals surface area contributed by atoms with Crippen molar-refractivity contribution in [2.45, 2.75) is 39.7 Å². The molecule has 0 aliphatic carbocycles. The highest BCUT2D eigenvalue weighted by atomic mass is 31.2. The third-order valence-corrected chi connectivity index (χ3v) is 6.25. The predicted octanol–water partition coefficient (Wildman–Crippen LogP) is 5.91. The van der Waals surface area contributed by atoms with Gasteiger partial charge in [-0.2, -0.15) is 13.9 Å². The van der Waals surface area contributed by atoms with Crippen molar-refractivity contribution >= 4 is 13.7 Å². The van der Waals surface area contributed by atoms with Crippen LogP contribution in [0.2, 0.25) is 0 Å². The molecule has 0 amide bonds. The number of halogens is 5. The minimum Gasteiger partial charge on any atom is -0.464 e. The second kappa shape index (κ2) is 11.5. The molecule has 12 heteroatoms. The number of hydrogen-bond acceptors (Lipinski definition) is 5. The lowest BCUT2D eigenvalue weighted by atomic mass is 10.1. The van der Waals surface area contributed by atoms with Crippen molar-refractivity contribution < 1.29 is 45.1 Å². The van der Waals surface area contributed by atoms with Crippen LogP contribution in [0.5, 0.6) is 11.5 Å². The fourth-order valence-corrected chi connectivity index (χ4v) is 4.14. The van der Waals surface area contributed by atoms with Crippen molar-refractivity contribution in [1.29, 1.82) is 0 Å². The van der Waals surface area contributed by atoms with E-state index in [1.807, 2.05) is 13.8 Å². The van der Waals surface area contributed by atoms with E-state index in [1.54, 1.807) is 6.07 Å². The third kappa shape index (κ3) is 6.68. The molecule has 33 heavy (non-hydrogen) atoms. The van der Waals surface area contributed by atoms with Gasteiger partial charge in [-0.05, 0) is 25.0 Å². The van der Waals surface area contributed by atoms with Gasteiger partial charge in [0.2, 0.25) is 34.8 Å². The number of carbonyl (C=O) groups excluding carboxylic acids is 1. The minimum atomic E-state index is -4.93. The van der Waals surface area contributed by atoms with Gasteiger partial charge in [0.05, 0.1) is 6.61 Å². The summed E-state index contributed by atoms with van der Waals surface area (Å²) < 4.78 is 97.0. The van der Waals surface area contributed by atoms with Crippen LogP contribution in [0.3, 0.4) is 0 Å². The Morgan fingerprint density at radius 2 is 1.42 bits per heavy atom. The standard InChI is InChI=1S/C21H23F5NO5P/c1-4-13(5-2)11-30-21(28)12(3)27-33(29,31-14-9-7-6-8-10-14)32-20-18(25)16(23)15(22)17(24)19(20)26/h6-10,12-13H,4-5,11H2,1-3H3,(H,27,29)/t12-,33?/m1/s1. The molecule has 0 spiro atoms. The minimum absolute atomic E-state index is 0.0696. The van der Waals surface area contributed by atoms with Crippen LogP contribution in [0.15, 0.2) is 30.3 Å². The summed E-state index contributed by atoms with van der Waals surface area (Å²) in [6.07, 6.45) is 1.48. The number of esters is 1. The largest absolute Gasteiger partial charge is 0.513 e. The summed E-state index contributed by atoms with van der Waals surface area (Å²) >= 11 is 0. The van der Waals surface area contributed by atoms with Gasteiger partial charge in [-0.1, -0.05) is 44.9 Å². The van der Waals surface area contributed by atoms with Gasteiger partial charge in [0.1, 0.15) is 11.8 Å². The molecular weight excluding hydrogens is 472 g/mol. The average molecular weight is 495 g/mol. The second-order valence-electron chi connectivity index (χ2n) is 7.06. The maximum absolute atomic E-state index is 14.1. The van der Waals surface area contributed by atoms with Crippen LogP contribution in [0, 0.1) is 35.0 Å². The highest BCUT2D eigenvalue weighted by Crippen LogP contribution is 2.47. The highest BCUT2D eigenvalue weighted by Gasteiger charge is 2.38. The molecule has 0 saturated heterocycles. The van der Waals surface area contributed by atoms with E-state index in [1.165, 1.54) is 31.2 Å². The van der Waals surface area contributed by atoms with E-state index >= 15 is 0 Å². The number of rotatable bonds is 11. The Morgan fingerprint density at radius 1 is 0.909 bits per heavy atom. The molecule has 1 N–H and O–H groups in total. The molecule has 0 aliphatic heterocycles. The molecule has 0 heterocycles. The highest BCUT2D eigenvalue weighted by molar-refractivity contribution is 7.52. The molecule has 2 atom stereocenters. The Bertz CT molecular complexity index is 991. The van der Waals surface area contributed by atoms with Gasteiger partial charge in [0, 0.05) is 0 Å². The van der Waals surface area contributed by atoms with Crippen LogP contribution in [0.4, 0.5) is 22.0 Å². The van der Waals surface area contributed by atoms with Crippen LogP contribution < -0.4 is 14.1 Å². The van der Waals surface area contributed by atoms with E-state index in [9.17, 15) is 31.3 Å². The summed E-state index contributed by atoms with van der Waals surface area (Å²) in [7, 11) is -4.93. The van der Waals surface area contributed by atoms with Crippen LogP contribution in [-0.2, 0) is 14.1 Å². The zero-order chi connectivity index (χ0) is 24.8. The molecule has 6 nitrogen and oxygen atoms in total. The number of hydrogen-bond donors (Lipinski definition) is 1. The van der Waals surface area contributed by atoms with Crippen molar-refractivity contribution in [3.05, 3.63) is 59.4 Å². The number of benzene rings is 2. The zero-order valence-electron chi connectivity index (χ0n) is 18.0. The molecule has 1 unspecified atom stereocenters. The first-order valence-corrected chi connectivity index (χ1v) is 11.6. The summed E-state index contributed by atoms with van der Waals surface area (Å²) in [5.74, 6) is -14.5. The summed E-state index contributed by atoms with van der Waals surface area (Å²) in [5.41, 5.74) is 0. The van der Waals surface area contributed by atoms with Crippen LogP contribution in [0.25, 0.3) is 0 Å². The number of para-hydroxylation sites is 1. The second-order valence-corrected chi connectivity index (χ2v) is 8.67. The van der Waals surface area contributed by atoms with Gasteiger partial charge in [-0.3, -0.25) is 4.79 Å². The first kappa shape index (κ1) is 26.6. The topological polar surface area (TPSA) is 73.9 Å². The smallest absolute Gasteiger partial charge is 0.464 e. The summed E-state index contributed by atoms with van der Waals surface area (Å²) in [6, 6.07) is 5.71. The number of ether oxygens (including phenoxy) is 1. The maximum atomic E-state index is 14.1. The normalized spacial score (nSPS) is 14.0. The Kier molecular flexibility index (Phi) is 9.25. The van der Waals surface area contributed by atoms with E-state index in [4.69, 9.17) is 13.8 Å². The van der Waals surface area contributed by atoms with Crippen LogP contribution in [0.1, 0.15) is 33.6 Å². The maximum Gasteiger partial charge on any atom is 0.513 e. The van der Waals surface area contributed by atoms with Crippen molar-refractivity contribution in [2.75, 3.05) is 6.61 Å². The molecule has 0 aliphatic rings. The lowest BCUT2D eigenvalue weighted by Gasteiger charge is -2.24. The quantitative estimate of drug-likeness (QED) is 0.138. The molecule has 2 rings (SSSR count). The first-order chi connectivity index (χ1) is 15.5. The van der Waals surface area contributed by atoms with Gasteiger partial charge < -0.3 is 13.8 Å². The molecule has 0 saturated carbocycles. The molecule has 0 fully saturated rings. The van der Waals surface area contributed by atoms with Gasteiger partial charge >= 0.3 is 13.7 Å². The van der Waals surface area contributed by atoms with E-state index < -0.39 is 54.6 Å². The van der Waals surface area contributed by atoms with E-state index in [0.29, 0.717) is 0 Å². The molecule has 2 aromatic carbocycles. The Balaban J connectivity index is 2.34. The van der Waals surface area contributed by atoms with Crippen molar-refractivity contribution in [3.63, 3.8) is 0 Å². The van der Waals surface area contributed by atoms with Crippen LogP contribution >= 0.6 is 7.75 Å². The van der Waals surface area contributed by atoms with Gasteiger partial charge in [-0.25, -0.2) is 17.7 Å². The Labute approximate surface area is 187 Å². The van der Waals surface area contributed by atoms with E-state index in [2.05, 4.69) is 5.09 Å². The molecule has 0 bridgehead atoms. The fourth-order valence-electron chi connectivity index (χ4n) is 2.62. The lowest BCUT2D eigenvalue weighted by Crippen LogP contribution is -2.36. The molecule has 182 valence electrons. The average Bonchev–Trinajstić information content (AvgIpc) is 2.80. The summed E-state index contributed by atoms with van der Waals surface area (Å²) in [4.78, 5) is 12.3. The van der Waals surface area contributed by atoms with Crippen molar-refractivity contribution in [1.82, 2.24) is 5.09 Å². The first-order valence-electron chi connectivity index (χ1n) is 10.0. The predicted molar refractivity (Wildman–Crippen MR) is 109 cm³/mol. The monoisotopic (exact) mass is 495 g/mol. The van der Waals surface area contributed by atoms with Gasteiger partial charge in [0.25, 0.3) is 0 Å². The number of nitrogens with one attached hydrogen (secondary N) is 1. The van der Waals surface area contributed by atoms with E-state index in [0.717, 1.165) is 12.8 Å². The lowest BCUT2D eigenvalue weighted by molar-refractivity contribution is -0.146. The van der Waals surface area contributed by atoms with Gasteiger partial charge in [0.15, 0.2) is 0 Å². The number of carbonyl (C=O) groups is 1. The molecule has 0 radical (unpaired) electrons. The summed E-state index contributed by atoms with van der Waals surface area (Å²) in [6.45, 7) is 5.09.